The van der Waals surface area contributed by atoms with Crippen molar-refractivity contribution in [2.24, 2.45) is 5.92 Å². The average molecular weight is 689 g/mol. The molecule has 1 aromatic carbocycles. The number of piperazine rings is 1. The molecule has 4 aliphatic heterocycles. The fourth-order valence-corrected chi connectivity index (χ4v) is 11.9. The lowest BCUT2D eigenvalue weighted by Crippen LogP contribution is -2.75. The third-order valence-corrected chi connectivity index (χ3v) is 14.6. The Bertz CT molecular complexity index is 1360. The molecule has 268 valence electrons. The smallest absolute Gasteiger partial charge is 0.246 e. The first kappa shape index (κ1) is 35.5. The molecule has 1 spiro atoms. The Morgan fingerprint density at radius 3 is 2.65 bits per heavy atom. The zero-order chi connectivity index (χ0) is 34.0. The van der Waals surface area contributed by atoms with Crippen LogP contribution in [-0.2, 0) is 21.7 Å². The van der Waals surface area contributed by atoms with E-state index in [0.717, 1.165) is 44.8 Å². The van der Waals surface area contributed by atoms with E-state index in [9.17, 15) is 10.1 Å². The fraction of sp³-hybridized carbons (Fsp3) is 0.750. The molecule has 1 amide bonds. The lowest BCUT2D eigenvalue weighted by atomic mass is 9.71. The lowest BCUT2D eigenvalue weighted by Gasteiger charge is -2.61. The second kappa shape index (κ2) is 15.8. The molecule has 5 fully saturated rings. The van der Waals surface area contributed by atoms with Crippen LogP contribution < -0.4 is 5.32 Å². The number of hydrogen-bond donors (Lipinski definition) is 1. The number of nitriles is 1. The van der Waals surface area contributed by atoms with Gasteiger partial charge in [0.25, 0.3) is 0 Å². The standard InChI is InChI=1S/C40H60N6O2S/c1-4-37(47)45-22-21-44(26-33(45)17-19-41)38-35-16-18-40(24-31-23-29(2)14-15-30(31)28-49-40)25-36(35)42-39(48-27-34-13-10-20-43(34)3)46(38)32-11-8-6-5-7-9-12-32/h4,14-15,23,32-36,38-39,42H,1,5-13,16-18,20-22,24-28H2,2-3H3/t33?,34?,35?,36?,38?,39?,40-/m0/s1. The predicted molar refractivity (Wildman–Crippen MR) is 198 cm³/mol. The molecule has 9 heteroatoms. The summed E-state index contributed by atoms with van der Waals surface area (Å²) in [6, 6.07) is 10.7. The van der Waals surface area contributed by atoms with E-state index in [-0.39, 0.29) is 29.2 Å². The van der Waals surface area contributed by atoms with Gasteiger partial charge in [0.1, 0.15) is 0 Å². The molecule has 7 rings (SSSR count). The molecular weight excluding hydrogens is 629 g/mol. The first-order valence-electron chi connectivity index (χ1n) is 19.5. The molecule has 6 unspecified atom stereocenters. The minimum absolute atomic E-state index is 0.0497. The highest BCUT2D eigenvalue weighted by atomic mass is 32.2. The Hall–Kier alpha value is -1.93. The molecule has 0 aromatic heterocycles. The number of benzene rings is 1. The van der Waals surface area contributed by atoms with Gasteiger partial charge in [-0.25, -0.2) is 4.90 Å². The molecule has 49 heavy (non-hydrogen) atoms. The summed E-state index contributed by atoms with van der Waals surface area (Å²) in [7, 11) is 2.25. The number of ether oxygens (including phenoxy) is 1. The lowest BCUT2D eigenvalue weighted by molar-refractivity contribution is -0.214. The Balaban J connectivity index is 1.22. The van der Waals surface area contributed by atoms with E-state index in [2.05, 4.69) is 76.6 Å². The number of carbonyl (C=O) groups excluding carboxylic acids is 1. The normalized spacial score (nSPS) is 35.2. The van der Waals surface area contributed by atoms with E-state index in [1.807, 2.05) is 4.90 Å². The van der Waals surface area contributed by atoms with Crippen LogP contribution in [0.1, 0.15) is 100 Å². The summed E-state index contributed by atoms with van der Waals surface area (Å²) in [6.45, 7) is 10.1. The van der Waals surface area contributed by atoms with Gasteiger partial charge in [-0.3, -0.25) is 15.0 Å². The SMILES string of the molecule is C=CC(=O)N1CCN(C2C3CC[C@]4(Cc5cc(C)ccc5CS4)CC3NC(OCC3CCCN3C)N2C2CCCCCCC2)CC1CC#N. The number of hydrogen-bond acceptors (Lipinski definition) is 8. The van der Waals surface area contributed by atoms with Gasteiger partial charge < -0.3 is 14.5 Å². The van der Waals surface area contributed by atoms with Crippen molar-refractivity contribution in [1.29, 1.82) is 5.26 Å². The van der Waals surface area contributed by atoms with Crippen molar-refractivity contribution in [2.75, 3.05) is 39.8 Å². The molecule has 2 aliphatic carbocycles. The maximum absolute atomic E-state index is 12.9. The van der Waals surface area contributed by atoms with Gasteiger partial charge in [-0.2, -0.15) is 5.26 Å². The molecule has 7 atom stereocenters. The van der Waals surface area contributed by atoms with E-state index < -0.39 is 0 Å². The van der Waals surface area contributed by atoms with Crippen molar-refractivity contribution in [2.45, 2.75) is 144 Å². The minimum atomic E-state index is -0.134. The number of amides is 1. The molecule has 6 aliphatic rings. The minimum Gasteiger partial charge on any atom is -0.348 e. The van der Waals surface area contributed by atoms with Crippen LogP contribution in [0.25, 0.3) is 0 Å². The third-order valence-electron chi connectivity index (χ3n) is 13.1. The van der Waals surface area contributed by atoms with Gasteiger partial charge in [0.05, 0.1) is 31.3 Å². The van der Waals surface area contributed by atoms with E-state index in [4.69, 9.17) is 4.74 Å². The van der Waals surface area contributed by atoms with Crippen molar-refractivity contribution in [3.8, 4) is 6.07 Å². The maximum Gasteiger partial charge on any atom is 0.246 e. The molecule has 1 N–H and O–H groups in total. The van der Waals surface area contributed by atoms with E-state index in [1.54, 1.807) is 5.56 Å². The number of thioether (sulfide) groups is 1. The first-order valence-corrected chi connectivity index (χ1v) is 20.5. The summed E-state index contributed by atoms with van der Waals surface area (Å²) in [5.74, 6) is 1.52. The Labute approximate surface area is 299 Å². The van der Waals surface area contributed by atoms with Crippen molar-refractivity contribution in [3.63, 3.8) is 0 Å². The molecule has 3 saturated heterocycles. The van der Waals surface area contributed by atoms with Crippen LogP contribution in [0.15, 0.2) is 30.9 Å². The van der Waals surface area contributed by atoms with Crippen LogP contribution in [0.3, 0.4) is 0 Å². The van der Waals surface area contributed by atoms with Gasteiger partial charge in [0.2, 0.25) is 5.91 Å². The summed E-state index contributed by atoms with van der Waals surface area (Å²) in [5.41, 5.74) is 4.44. The highest BCUT2D eigenvalue weighted by molar-refractivity contribution is 8.00. The molecule has 8 nitrogen and oxygen atoms in total. The van der Waals surface area contributed by atoms with Gasteiger partial charge in [0.15, 0.2) is 6.35 Å². The Morgan fingerprint density at radius 1 is 1.08 bits per heavy atom. The topological polar surface area (TPSA) is 75.1 Å². The predicted octanol–water partition coefficient (Wildman–Crippen LogP) is 6.04. The summed E-state index contributed by atoms with van der Waals surface area (Å²) >= 11 is 2.21. The maximum atomic E-state index is 12.9. The van der Waals surface area contributed by atoms with E-state index >= 15 is 0 Å². The summed E-state index contributed by atoms with van der Waals surface area (Å²) in [4.78, 5) is 22.8. The monoisotopic (exact) mass is 688 g/mol. The summed E-state index contributed by atoms with van der Waals surface area (Å²) in [5, 5.41) is 14.1. The fourth-order valence-electron chi connectivity index (χ4n) is 10.4. The molecule has 2 saturated carbocycles. The highest BCUT2D eigenvalue weighted by Gasteiger charge is 2.54. The zero-order valence-corrected chi connectivity index (χ0v) is 31.0. The van der Waals surface area contributed by atoms with Gasteiger partial charge in [0, 0.05) is 54.2 Å². The number of fused-ring (bicyclic) bond motifs is 2. The molecule has 0 radical (unpaired) electrons. The van der Waals surface area contributed by atoms with Gasteiger partial charge in [-0.05, 0) is 89.1 Å². The second-order valence-corrected chi connectivity index (χ2v) is 17.6. The van der Waals surface area contributed by atoms with E-state index in [1.165, 1.54) is 87.8 Å². The first-order chi connectivity index (χ1) is 23.9. The third kappa shape index (κ3) is 7.66. The van der Waals surface area contributed by atoms with Crippen LogP contribution in [0.5, 0.6) is 0 Å². The largest absolute Gasteiger partial charge is 0.348 e. The molecule has 1 aromatic rings. The number of aryl methyl sites for hydroxylation is 1. The van der Waals surface area contributed by atoms with Crippen LogP contribution in [0.4, 0.5) is 0 Å². The molecule has 0 bridgehead atoms. The highest BCUT2D eigenvalue weighted by Crippen LogP contribution is 2.52. The van der Waals surface area contributed by atoms with Crippen molar-refractivity contribution in [1.82, 2.24) is 24.9 Å². The second-order valence-electron chi connectivity index (χ2n) is 16.2. The van der Waals surface area contributed by atoms with E-state index in [0.29, 0.717) is 37.0 Å². The number of nitrogens with one attached hydrogen (secondary N) is 1. The van der Waals surface area contributed by atoms with Crippen LogP contribution in [-0.4, -0.2) is 107 Å². The number of rotatable bonds is 7. The van der Waals surface area contributed by atoms with Gasteiger partial charge >= 0.3 is 0 Å². The van der Waals surface area contributed by atoms with Crippen LogP contribution >= 0.6 is 11.8 Å². The average Bonchev–Trinajstić information content (AvgIpc) is 3.50. The van der Waals surface area contributed by atoms with Gasteiger partial charge in [-0.15, -0.1) is 11.8 Å². The Morgan fingerprint density at radius 2 is 1.90 bits per heavy atom. The van der Waals surface area contributed by atoms with Gasteiger partial charge in [-0.1, -0.05) is 62.4 Å². The van der Waals surface area contributed by atoms with Crippen LogP contribution in [0.2, 0.25) is 0 Å². The van der Waals surface area contributed by atoms with Crippen molar-refractivity contribution in [3.05, 3.63) is 47.5 Å². The quantitative estimate of drug-likeness (QED) is 0.348. The van der Waals surface area contributed by atoms with Crippen LogP contribution in [0, 0.1) is 24.2 Å². The van der Waals surface area contributed by atoms with Crippen molar-refractivity contribution >= 4 is 17.7 Å². The zero-order valence-electron chi connectivity index (χ0n) is 30.2. The number of likely N-dealkylation sites (tertiary alicyclic amines) is 1. The number of likely N-dealkylation sites (N-methyl/N-ethyl adjacent to an activating group) is 1. The number of carbonyl (C=O) groups is 1. The molecular formula is C40H60N6O2S. The summed E-state index contributed by atoms with van der Waals surface area (Å²) < 4.78 is 7.40. The Kier molecular flexibility index (Phi) is 11.4. The van der Waals surface area contributed by atoms with Crippen molar-refractivity contribution < 1.29 is 9.53 Å². The summed E-state index contributed by atoms with van der Waals surface area (Å²) in [6.07, 6.45) is 18.0. The number of nitrogens with zero attached hydrogens (tertiary/aromatic N) is 5. The molecule has 4 heterocycles.